The molecule has 1 nitrogen and oxygen atoms in total. The largest absolute Gasteiger partial charge is 0.309 e. The molecular weight excluding hydrogens is 627 g/mol. The van der Waals surface area contributed by atoms with E-state index in [2.05, 4.69) is 206 Å². The molecule has 0 bridgehead atoms. The van der Waals surface area contributed by atoms with Crippen LogP contribution in [0.1, 0.15) is 35.4 Å². The fourth-order valence-electron chi connectivity index (χ4n) is 8.67. The van der Waals surface area contributed by atoms with Crippen molar-refractivity contribution >= 4 is 21.8 Å². The molecule has 9 aromatic rings. The third-order valence-electron chi connectivity index (χ3n) is 11.2. The lowest BCUT2D eigenvalue weighted by molar-refractivity contribution is 0.650. The molecule has 1 aromatic heterocycles. The Morgan fingerprint density at radius 2 is 0.904 bits per heavy atom. The second-order valence-corrected chi connectivity index (χ2v) is 14.1. The SMILES string of the molecule is CC1c2ccc(-c3ccc4c(c3)c3ccccc3n4-c3ccc(-c4ccccc4)cc3)cc2-c2ccccc2C1c1ccc(-c2ccccc2)cc1. The smallest absolute Gasteiger partial charge is 0.0541 e. The first-order valence-corrected chi connectivity index (χ1v) is 18.3. The molecule has 0 spiro atoms. The first-order valence-electron chi connectivity index (χ1n) is 18.3. The number of nitrogens with zero attached hydrogens (tertiary/aromatic N) is 1. The lowest BCUT2D eigenvalue weighted by Crippen LogP contribution is -2.17. The zero-order chi connectivity index (χ0) is 34.6. The van der Waals surface area contributed by atoms with Crippen LogP contribution in [-0.2, 0) is 0 Å². The number of aromatic nitrogens is 1. The Morgan fingerprint density at radius 3 is 1.63 bits per heavy atom. The van der Waals surface area contributed by atoms with Gasteiger partial charge in [0, 0.05) is 22.4 Å². The fourth-order valence-corrected chi connectivity index (χ4v) is 8.67. The van der Waals surface area contributed by atoms with Crippen molar-refractivity contribution in [1.29, 1.82) is 0 Å². The van der Waals surface area contributed by atoms with Crippen molar-refractivity contribution in [3.05, 3.63) is 211 Å². The van der Waals surface area contributed by atoms with E-state index in [1.165, 1.54) is 88.7 Å². The van der Waals surface area contributed by atoms with E-state index in [0.29, 0.717) is 11.8 Å². The van der Waals surface area contributed by atoms with Gasteiger partial charge in [-0.05, 0) is 104 Å². The number of hydrogen-bond acceptors (Lipinski definition) is 0. The predicted molar refractivity (Wildman–Crippen MR) is 219 cm³/mol. The fraction of sp³-hybridized carbons (Fsp3) is 0.0588. The maximum atomic E-state index is 2.43. The lowest BCUT2D eigenvalue weighted by atomic mass is 9.69. The van der Waals surface area contributed by atoms with Crippen molar-refractivity contribution < 1.29 is 0 Å². The highest BCUT2D eigenvalue weighted by molar-refractivity contribution is 6.10. The quantitative estimate of drug-likeness (QED) is 0.173. The van der Waals surface area contributed by atoms with Crippen molar-refractivity contribution in [1.82, 2.24) is 4.57 Å². The van der Waals surface area contributed by atoms with Crippen LogP contribution in [0.25, 0.3) is 72.0 Å². The van der Waals surface area contributed by atoms with E-state index in [1.807, 2.05) is 0 Å². The highest BCUT2D eigenvalue weighted by atomic mass is 15.0. The molecule has 1 heteroatoms. The Bertz CT molecular complexity index is 2720. The molecule has 0 N–H and O–H groups in total. The minimum Gasteiger partial charge on any atom is -0.309 e. The second-order valence-electron chi connectivity index (χ2n) is 14.1. The Kier molecular flexibility index (Phi) is 7.25. The minimum atomic E-state index is 0.295. The zero-order valence-corrected chi connectivity index (χ0v) is 29.1. The molecule has 1 aliphatic rings. The number of rotatable bonds is 5. The summed E-state index contributed by atoms with van der Waals surface area (Å²) in [5.41, 5.74) is 17.9. The Balaban J connectivity index is 1.03. The molecule has 0 radical (unpaired) electrons. The van der Waals surface area contributed by atoms with Gasteiger partial charge in [-0.15, -0.1) is 0 Å². The van der Waals surface area contributed by atoms with Crippen LogP contribution in [0.15, 0.2) is 194 Å². The van der Waals surface area contributed by atoms with E-state index in [4.69, 9.17) is 0 Å². The van der Waals surface area contributed by atoms with Gasteiger partial charge >= 0.3 is 0 Å². The molecular formula is C51H37N. The van der Waals surface area contributed by atoms with E-state index >= 15 is 0 Å². The van der Waals surface area contributed by atoms with E-state index in [1.54, 1.807) is 0 Å². The monoisotopic (exact) mass is 663 g/mol. The molecule has 0 saturated carbocycles. The maximum absolute atomic E-state index is 2.43. The first-order chi connectivity index (χ1) is 25.7. The second kappa shape index (κ2) is 12.4. The summed E-state index contributed by atoms with van der Waals surface area (Å²) in [7, 11) is 0. The van der Waals surface area contributed by atoms with Crippen LogP contribution >= 0.6 is 0 Å². The Labute approximate surface area is 305 Å². The molecule has 10 rings (SSSR count). The van der Waals surface area contributed by atoms with Gasteiger partial charge in [0.25, 0.3) is 0 Å². The molecule has 8 aromatic carbocycles. The molecule has 2 unspecified atom stereocenters. The molecule has 0 amide bonds. The molecule has 0 saturated heterocycles. The van der Waals surface area contributed by atoms with Crippen LogP contribution in [0, 0.1) is 0 Å². The van der Waals surface area contributed by atoms with E-state index in [0.717, 1.165) is 0 Å². The van der Waals surface area contributed by atoms with E-state index in [9.17, 15) is 0 Å². The van der Waals surface area contributed by atoms with Gasteiger partial charge in [-0.3, -0.25) is 0 Å². The molecule has 0 fully saturated rings. The van der Waals surface area contributed by atoms with Crippen LogP contribution in [0.3, 0.4) is 0 Å². The summed E-state index contributed by atoms with van der Waals surface area (Å²) >= 11 is 0. The van der Waals surface area contributed by atoms with E-state index in [-0.39, 0.29) is 0 Å². The maximum Gasteiger partial charge on any atom is 0.0541 e. The van der Waals surface area contributed by atoms with Gasteiger partial charge in [0.1, 0.15) is 0 Å². The van der Waals surface area contributed by atoms with Gasteiger partial charge in [-0.1, -0.05) is 165 Å². The van der Waals surface area contributed by atoms with Gasteiger partial charge in [0.15, 0.2) is 0 Å². The van der Waals surface area contributed by atoms with E-state index < -0.39 is 0 Å². The number of fused-ring (bicyclic) bond motifs is 6. The highest BCUT2D eigenvalue weighted by Crippen LogP contribution is 2.50. The number of benzene rings is 8. The summed E-state index contributed by atoms with van der Waals surface area (Å²) in [4.78, 5) is 0. The third kappa shape index (κ3) is 5.00. The topological polar surface area (TPSA) is 4.93 Å². The molecule has 2 atom stereocenters. The van der Waals surface area contributed by atoms with Crippen molar-refractivity contribution in [2.75, 3.05) is 0 Å². The predicted octanol–water partition coefficient (Wildman–Crippen LogP) is 13.7. The van der Waals surface area contributed by atoms with Gasteiger partial charge in [0.05, 0.1) is 11.0 Å². The minimum absolute atomic E-state index is 0.295. The number of hydrogen-bond donors (Lipinski definition) is 0. The lowest BCUT2D eigenvalue weighted by Gasteiger charge is -2.34. The summed E-state index contributed by atoms with van der Waals surface area (Å²) in [5, 5.41) is 2.54. The molecule has 52 heavy (non-hydrogen) atoms. The van der Waals surface area contributed by atoms with Crippen molar-refractivity contribution in [2.45, 2.75) is 18.8 Å². The standard InChI is InChI=1S/C51H37N/c1-34-43-30-26-40(32-47(43)44-16-8-9-18-46(44)51(34)39-22-20-37(21-23-39)35-12-4-2-5-13-35)41-27-31-50-48(33-41)45-17-10-11-19-49(45)52(50)42-28-24-38(25-29-42)36-14-6-3-7-15-36/h2-34,51H,1H3. The Morgan fingerprint density at radius 1 is 0.365 bits per heavy atom. The highest BCUT2D eigenvalue weighted by Gasteiger charge is 2.32. The summed E-state index contributed by atoms with van der Waals surface area (Å²) in [5.74, 6) is 0.638. The summed E-state index contributed by atoms with van der Waals surface area (Å²) in [6.07, 6.45) is 0. The Hall–Kier alpha value is -6.44. The normalized spacial score (nSPS) is 15.0. The van der Waals surface area contributed by atoms with Crippen molar-refractivity contribution in [3.8, 4) is 50.2 Å². The van der Waals surface area contributed by atoms with Crippen LogP contribution in [-0.4, -0.2) is 4.57 Å². The van der Waals surface area contributed by atoms with Crippen molar-refractivity contribution in [2.24, 2.45) is 0 Å². The average molecular weight is 664 g/mol. The van der Waals surface area contributed by atoms with Gasteiger partial charge in [-0.25, -0.2) is 0 Å². The summed E-state index contributed by atoms with van der Waals surface area (Å²) in [6.45, 7) is 2.40. The number of para-hydroxylation sites is 1. The van der Waals surface area contributed by atoms with Gasteiger partial charge in [0.2, 0.25) is 0 Å². The van der Waals surface area contributed by atoms with Crippen LogP contribution < -0.4 is 0 Å². The zero-order valence-electron chi connectivity index (χ0n) is 29.1. The average Bonchev–Trinajstić information content (AvgIpc) is 3.55. The summed E-state index contributed by atoms with van der Waals surface area (Å²) < 4.78 is 2.40. The van der Waals surface area contributed by atoms with Gasteiger partial charge < -0.3 is 4.57 Å². The summed E-state index contributed by atoms with van der Waals surface area (Å²) in [6, 6.07) is 71.4. The molecule has 1 aliphatic carbocycles. The van der Waals surface area contributed by atoms with Crippen LogP contribution in [0.4, 0.5) is 0 Å². The molecule has 0 aliphatic heterocycles. The third-order valence-corrected chi connectivity index (χ3v) is 11.2. The molecule has 246 valence electrons. The first kappa shape index (κ1) is 30.4. The molecule has 1 heterocycles. The van der Waals surface area contributed by atoms with Crippen molar-refractivity contribution in [3.63, 3.8) is 0 Å². The van der Waals surface area contributed by atoms with Gasteiger partial charge in [-0.2, -0.15) is 0 Å². The van der Waals surface area contributed by atoms with Crippen LogP contribution in [0.2, 0.25) is 0 Å². The van der Waals surface area contributed by atoms with Crippen LogP contribution in [0.5, 0.6) is 0 Å².